The number of non-ortho nitro benzene ring substituents is 1. The van der Waals surface area contributed by atoms with Gasteiger partial charge in [-0.15, -0.1) is 0 Å². The number of nitriles is 2. The molecular formula is C16H11N3O3. The van der Waals surface area contributed by atoms with Crippen LogP contribution in [0.25, 0.3) is 12.2 Å². The van der Waals surface area contributed by atoms with Gasteiger partial charge in [0.1, 0.15) is 23.5 Å². The second-order valence-corrected chi connectivity index (χ2v) is 3.85. The van der Waals surface area contributed by atoms with Crippen LogP contribution >= 0.6 is 0 Å². The fourth-order valence-electron chi connectivity index (χ4n) is 1.36. The minimum atomic E-state index is -0.511. The molecule has 1 heterocycles. The first-order valence-electron chi connectivity index (χ1n) is 6.03. The quantitative estimate of drug-likeness (QED) is 0.484. The van der Waals surface area contributed by atoms with Crippen molar-refractivity contribution in [3.63, 3.8) is 0 Å². The predicted octanol–water partition coefficient (Wildman–Crippen LogP) is 3.95. The molecule has 0 unspecified atom stereocenters. The van der Waals surface area contributed by atoms with Gasteiger partial charge in [-0.1, -0.05) is 6.58 Å². The van der Waals surface area contributed by atoms with Gasteiger partial charge >= 0.3 is 0 Å². The van der Waals surface area contributed by atoms with E-state index in [9.17, 15) is 10.1 Å². The van der Waals surface area contributed by atoms with Crippen molar-refractivity contribution >= 4 is 17.8 Å². The summed E-state index contributed by atoms with van der Waals surface area (Å²) >= 11 is 0. The molecule has 0 radical (unpaired) electrons. The zero-order valence-corrected chi connectivity index (χ0v) is 11.5. The smallest absolute Gasteiger partial charge is 0.269 e. The number of furan rings is 1. The van der Waals surface area contributed by atoms with Crippen LogP contribution in [-0.4, -0.2) is 4.92 Å². The van der Waals surface area contributed by atoms with E-state index in [-0.39, 0.29) is 11.3 Å². The van der Waals surface area contributed by atoms with E-state index in [0.29, 0.717) is 5.56 Å². The van der Waals surface area contributed by atoms with Gasteiger partial charge < -0.3 is 4.42 Å². The Hall–Kier alpha value is -3.64. The van der Waals surface area contributed by atoms with Crippen LogP contribution in [0.2, 0.25) is 0 Å². The topological polar surface area (TPSA) is 104 Å². The van der Waals surface area contributed by atoms with Crippen LogP contribution in [0.3, 0.4) is 0 Å². The maximum atomic E-state index is 10.3. The molecule has 22 heavy (non-hydrogen) atoms. The lowest BCUT2D eigenvalue weighted by Crippen LogP contribution is -1.86. The van der Waals surface area contributed by atoms with Crippen LogP contribution < -0.4 is 0 Å². The molecule has 1 aromatic heterocycles. The van der Waals surface area contributed by atoms with Gasteiger partial charge in [0.15, 0.2) is 0 Å². The SMILES string of the molecule is C=Cc1ccco1.N#CC(C#N)=Cc1ccc([N+](=O)[O-])cc1. The second-order valence-electron chi connectivity index (χ2n) is 3.85. The average molecular weight is 293 g/mol. The number of rotatable bonds is 3. The first-order chi connectivity index (χ1) is 10.6. The Morgan fingerprint density at radius 1 is 1.23 bits per heavy atom. The van der Waals surface area contributed by atoms with E-state index in [1.807, 2.05) is 12.1 Å². The van der Waals surface area contributed by atoms with E-state index in [1.165, 1.54) is 30.3 Å². The molecule has 0 aliphatic carbocycles. The highest BCUT2D eigenvalue weighted by Crippen LogP contribution is 2.13. The van der Waals surface area contributed by atoms with Crippen molar-refractivity contribution in [1.29, 1.82) is 10.5 Å². The van der Waals surface area contributed by atoms with Gasteiger partial charge in [-0.25, -0.2) is 0 Å². The van der Waals surface area contributed by atoms with Crippen molar-refractivity contribution in [2.24, 2.45) is 0 Å². The zero-order chi connectivity index (χ0) is 16.4. The van der Waals surface area contributed by atoms with Crippen LogP contribution in [0.4, 0.5) is 5.69 Å². The number of nitro groups is 1. The molecule has 6 heteroatoms. The first kappa shape index (κ1) is 16.4. The number of nitrogens with zero attached hydrogens (tertiary/aromatic N) is 3. The molecule has 0 saturated heterocycles. The summed E-state index contributed by atoms with van der Waals surface area (Å²) in [5.41, 5.74) is 0.519. The molecule has 0 bridgehead atoms. The Balaban J connectivity index is 0.000000287. The van der Waals surface area contributed by atoms with Gasteiger partial charge in [-0.05, 0) is 42.0 Å². The number of hydrogen-bond donors (Lipinski definition) is 0. The van der Waals surface area contributed by atoms with E-state index in [4.69, 9.17) is 14.9 Å². The third-order valence-corrected chi connectivity index (χ3v) is 2.40. The average Bonchev–Trinajstić information content (AvgIpc) is 3.07. The summed E-state index contributed by atoms with van der Waals surface area (Å²) < 4.78 is 4.86. The molecule has 6 nitrogen and oxygen atoms in total. The lowest BCUT2D eigenvalue weighted by Gasteiger charge is -1.92. The highest BCUT2D eigenvalue weighted by Gasteiger charge is 2.03. The summed E-state index contributed by atoms with van der Waals surface area (Å²) in [6, 6.07) is 12.7. The van der Waals surface area contributed by atoms with Gasteiger partial charge in [0, 0.05) is 12.1 Å². The van der Waals surface area contributed by atoms with Gasteiger partial charge in [0.05, 0.1) is 11.2 Å². The Bertz CT molecular complexity index is 729. The Kier molecular flexibility index (Phi) is 6.35. The monoisotopic (exact) mass is 293 g/mol. The predicted molar refractivity (Wildman–Crippen MR) is 81.1 cm³/mol. The number of hydrogen-bond acceptors (Lipinski definition) is 5. The maximum absolute atomic E-state index is 10.3. The largest absolute Gasteiger partial charge is 0.465 e. The second kappa shape index (κ2) is 8.51. The normalized spacial score (nSPS) is 8.45. The minimum absolute atomic E-state index is 0.0254. The maximum Gasteiger partial charge on any atom is 0.269 e. The number of benzene rings is 1. The third kappa shape index (κ3) is 5.16. The van der Waals surface area contributed by atoms with E-state index < -0.39 is 4.92 Å². The van der Waals surface area contributed by atoms with E-state index in [1.54, 1.807) is 24.5 Å². The molecule has 108 valence electrons. The van der Waals surface area contributed by atoms with Crippen LogP contribution in [-0.2, 0) is 0 Å². The molecule has 0 amide bonds. The van der Waals surface area contributed by atoms with Crippen molar-refractivity contribution < 1.29 is 9.34 Å². The lowest BCUT2D eigenvalue weighted by molar-refractivity contribution is -0.384. The van der Waals surface area contributed by atoms with Crippen LogP contribution in [0.5, 0.6) is 0 Å². The highest BCUT2D eigenvalue weighted by molar-refractivity contribution is 5.62. The summed E-state index contributed by atoms with van der Waals surface area (Å²) in [4.78, 5) is 9.82. The minimum Gasteiger partial charge on any atom is -0.465 e. The Labute approximate surface area is 127 Å². The molecule has 0 N–H and O–H groups in total. The van der Waals surface area contributed by atoms with Crippen molar-refractivity contribution in [3.8, 4) is 12.1 Å². The van der Waals surface area contributed by atoms with Crippen molar-refractivity contribution in [1.82, 2.24) is 0 Å². The van der Waals surface area contributed by atoms with Crippen molar-refractivity contribution in [2.45, 2.75) is 0 Å². The molecule has 2 rings (SSSR count). The van der Waals surface area contributed by atoms with E-state index in [0.717, 1.165) is 5.76 Å². The van der Waals surface area contributed by atoms with Crippen LogP contribution in [0.15, 0.2) is 59.2 Å². The summed E-state index contributed by atoms with van der Waals surface area (Å²) in [5, 5.41) is 27.3. The Morgan fingerprint density at radius 3 is 2.23 bits per heavy atom. The molecule has 0 aliphatic heterocycles. The molecule has 0 aliphatic rings. The third-order valence-electron chi connectivity index (χ3n) is 2.40. The first-order valence-corrected chi connectivity index (χ1v) is 6.03. The standard InChI is InChI=1S/C10H5N3O2.C6H6O/c11-6-9(7-12)5-8-1-3-10(4-2-8)13(14)15;1-2-6-4-3-5-7-6/h1-5H;2-5H,1H2. The lowest BCUT2D eigenvalue weighted by atomic mass is 10.1. The molecule has 2 aromatic rings. The Morgan fingerprint density at radius 2 is 1.86 bits per heavy atom. The van der Waals surface area contributed by atoms with E-state index >= 15 is 0 Å². The van der Waals surface area contributed by atoms with E-state index in [2.05, 4.69) is 6.58 Å². The molecule has 0 saturated carbocycles. The molecule has 0 atom stereocenters. The van der Waals surface area contributed by atoms with Crippen molar-refractivity contribution in [2.75, 3.05) is 0 Å². The molecular weight excluding hydrogens is 282 g/mol. The fourth-order valence-corrected chi connectivity index (χ4v) is 1.36. The van der Waals surface area contributed by atoms with Crippen molar-refractivity contribution in [3.05, 3.63) is 76.3 Å². The fraction of sp³-hybridized carbons (Fsp3) is 0. The summed E-state index contributed by atoms with van der Waals surface area (Å²) in [5.74, 6) is 0.819. The van der Waals surface area contributed by atoms with Crippen LogP contribution in [0.1, 0.15) is 11.3 Å². The van der Waals surface area contributed by atoms with Gasteiger partial charge in [0.25, 0.3) is 5.69 Å². The number of allylic oxidation sites excluding steroid dienone is 1. The summed E-state index contributed by atoms with van der Waals surface area (Å²) in [6.45, 7) is 3.51. The molecule has 0 fully saturated rings. The van der Waals surface area contributed by atoms with Gasteiger partial charge in [0.2, 0.25) is 0 Å². The van der Waals surface area contributed by atoms with Gasteiger partial charge in [-0.3, -0.25) is 10.1 Å². The molecule has 1 aromatic carbocycles. The highest BCUT2D eigenvalue weighted by atomic mass is 16.6. The van der Waals surface area contributed by atoms with Gasteiger partial charge in [-0.2, -0.15) is 10.5 Å². The summed E-state index contributed by atoms with van der Waals surface area (Å²) in [7, 11) is 0. The number of nitro benzene ring substituents is 1. The zero-order valence-electron chi connectivity index (χ0n) is 11.5. The van der Waals surface area contributed by atoms with Crippen LogP contribution in [0, 0.1) is 32.8 Å². The summed E-state index contributed by atoms with van der Waals surface area (Å²) in [6.07, 6.45) is 4.65. The molecule has 0 spiro atoms.